The number of rotatable bonds is 11. The van der Waals surface area contributed by atoms with Gasteiger partial charge in [0.1, 0.15) is 5.70 Å². The third kappa shape index (κ3) is 4.19. The summed E-state index contributed by atoms with van der Waals surface area (Å²) in [5, 5.41) is 13.0. The van der Waals surface area contributed by atoms with Crippen molar-refractivity contribution in [3.63, 3.8) is 0 Å². The van der Waals surface area contributed by atoms with E-state index in [1.807, 2.05) is 4.90 Å². The summed E-state index contributed by atoms with van der Waals surface area (Å²) in [6, 6.07) is 0. The van der Waals surface area contributed by atoms with Crippen molar-refractivity contribution in [2.24, 2.45) is 0 Å². The van der Waals surface area contributed by atoms with Crippen LogP contribution in [0, 0.1) is 0 Å². The molecule has 0 amide bonds. The van der Waals surface area contributed by atoms with Gasteiger partial charge in [-0.15, -0.1) is 0 Å². The summed E-state index contributed by atoms with van der Waals surface area (Å²) in [5.41, 5.74) is 1.21. The van der Waals surface area contributed by atoms with Gasteiger partial charge in [-0.1, -0.05) is 13.3 Å². The van der Waals surface area contributed by atoms with Crippen LogP contribution in [0.3, 0.4) is 0 Å². The van der Waals surface area contributed by atoms with Crippen molar-refractivity contribution in [2.45, 2.75) is 25.9 Å². The van der Waals surface area contributed by atoms with Crippen molar-refractivity contribution in [1.82, 2.24) is 10.2 Å². The zero-order chi connectivity index (χ0) is 15.0. The highest BCUT2D eigenvalue weighted by Gasteiger charge is 2.40. The van der Waals surface area contributed by atoms with Gasteiger partial charge in [-0.2, -0.15) is 0 Å². The smallest absolute Gasteiger partial charge is 0.215 e. The van der Waals surface area contributed by atoms with Gasteiger partial charge in [0.2, 0.25) is 5.78 Å². The summed E-state index contributed by atoms with van der Waals surface area (Å²) in [4.78, 5) is 13.7. The van der Waals surface area contributed by atoms with Crippen LogP contribution in [-0.2, 0) is 14.3 Å². The van der Waals surface area contributed by atoms with E-state index in [9.17, 15) is 9.90 Å². The molecule has 6 heteroatoms. The first-order valence-electron chi connectivity index (χ1n) is 7.10. The normalized spacial score (nSPS) is 18.2. The van der Waals surface area contributed by atoms with E-state index in [1.54, 1.807) is 14.2 Å². The first-order chi connectivity index (χ1) is 9.67. The lowest BCUT2D eigenvalue weighted by atomic mass is 9.93. The van der Waals surface area contributed by atoms with Crippen LogP contribution < -0.4 is 5.32 Å². The highest BCUT2D eigenvalue weighted by Crippen LogP contribution is 2.26. The fraction of sp³-hybridized carbons (Fsp3) is 0.786. The molecule has 1 aliphatic carbocycles. The van der Waals surface area contributed by atoms with Crippen LogP contribution in [-0.4, -0.2) is 69.0 Å². The molecule has 116 valence electrons. The van der Waals surface area contributed by atoms with Gasteiger partial charge < -0.3 is 24.8 Å². The summed E-state index contributed by atoms with van der Waals surface area (Å²) < 4.78 is 10.1. The minimum absolute atomic E-state index is 0.226. The largest absolute Gasteiger partial charge is 0.383 e. The molecule has 6 nitrogen and oxygen atoms in total. The third-order valence-corrected chi connectivity index (χ3v) is 3.31. The summed E-state index contributed by atoms with van der Waals surface area (Å²) >= 11 is 0. The number of unbranched alkanes of at least 4 members (excludes halogenated alkanes) is 1. The molecule has 1 atom stereocenters. The Bertz CT molecular complexity index is 336. The van der Waals surface area contributed by atoms with E-state index >= 15 is 0 Å². The lowest BCUT2D eigenvalue weighted by Crippen LogP contribution is -2.51. The van der Waals surface area contributed by atoms with Crippen LogP contribution in [0.25, 0.3) is 0 Å². The van der Waals surface area contributed by atoms with E-state index < -0.39 is 6.10 Å². The molecule has 0 fully saturated rings. The molecule has 0 saturated heterocycles. The van der Waals surface area contributed by atoms with Gasteiger partial charge >= 0.3 is 0 Å². The van der Waals surface area contributed by atoms with E-state index in [0.717, 1.165) is 19.4 Å². The molecule has 20 heavy (non-hydrogen) atoms. The Morgan fingerprint density at radius 2 is 1.85 bits per heavy atom. The molecular formula is C14H26N2O4. The van der Waals surface area contributed by atoms with Gasteiger partial charge in [0.05, 0.1) is 18.9 Å². The van der Waals surface area contributed by atoms with Gasteiger partial charge in [0.15, 0.2) is 6.10 Å². The number of hydrogen-bond donors (Lipinski definition) is 2. The van der Waals surface area contributed by atoms with Crippen molar-refractivity contribution in [2.75, 3.05) is 47.1 Å². The number of aliphatic hydroxyl groups is 1. The molecule has 0 radical (unpaired) electrons. The van der Waals surface area contributed by atoms with Crippen LogP contribution in [0.2, 0.25) is 0 Å². The molecule has 1 rings (SSSR count). The molecule has 0 aliphatic heterocycles. The zero-order valence-corrected chi connectivity index (χ0v) is 12.6. The van der Waals surface area contributed by atoms with Gasteiger partial charge in [-0.25, -0.2) is 0 Å². The van der Waals surface area contributed by atoms with E-state index in [1.165, 1.54) is 0 Å². The van der Waals surface area contributed by atoms with E-state index in [-0.39, 0.29) is 5.78 Å². The maximum Gasteiger partial charge on any atom is 0.215 e. The highest BCUT2D eigenvalue weighted by molar-refractivity contribution is 6.07. The van der Waals surface area contributed by atoms with Crippen molar-refractivity contribution < 1.29 is 19.4 Å². The number of Topliss-reactive ketones (excluding diaryl/α,β-unsaturated/α-hetero) is 1. The number of nitrogens with one attached hydrogen (secondary N) is 1. The Hall–Kier alpha value is -1.11. The Kier molecular flexibility index (Phi) is 7.58. The van der Waals surface area contributed by atoms with Crippen LogP contribution in [0.4, 0.5) is 0 Å². The van der Waals surface area contributed by atoms with E-state index in [0.29, 0.717) is 37.7 Å². The number of ketones is 1. The molecule has 2 N–H and O–H groups in total. The van der Waals surface area contributed by atoms with Gasteiger partial charge in [0.25, 0.3) is 0 Å². The molecule has 0 aromatic rings. The number of ether oxygens (including phenoxy) is 2. The van der Waals surface area contributed by atoms with Crippen molar-refractivity contribution in [1.29, 1.82) is 0 Å². The maximum atomic E-state index is 11.8. The highest BCUT2D eigenvalue weighted by atomic mass is 16.5. The molecular weight excluding hydrogens is 260 g/mol. The van der Waals surface area contributed by atoms with Gasteiger partial charge in [-0.3, -0.25) is 4.79 Å². The SMILES string of the molecule is CCCCNC1=C(N(CCOC)CCOC)C(O)C1=O. The quantitative estimate of drug-likeness (QED) is 0.526. The van der Waals surface area contributed by atoms with Crippen LogP contribution in [0.5, 0.6) is 0 Å². The lowest BCUT2D eigenvalue weighted by Gasteiger charge is -2.37. The van der Waals surface area contributed by atoms with Gasteiger partial charge in [-0.05, 0) is 6.42 Å². The molecule has 0 aromatic carbocycles. The van der Waals surface area contributed by atoms with E-state index in [2.05, 4.69) is 12.2 Å². The Balaban J connectivity index is 2.74. The summed E-state index contributed by atoms with van der Waals surface area (Å²) in [6.07, 6.45) is 1.03. The van der Waals surface area contributed by atoms with Crippen LogP contribution >= 0.6 is 0 Å². The molecule has 0 aromatic heterocycles. The molecule has 1 unspecified atom stereocenters. The first kappa shape index (κ1) is 16.9. The molecule has 1 aliphatic rings. The predicted octanol–water partition coefficient (Wildman–Crippen LogP) is 0.126. The minimum atomic E-state index is -1.02. The molecule has 0 heterocycles. The average molecular weight is 286 g/mol. The molecule has 0 bridgehead atoms. The van der Waals surface area contributed by atoms with Crippen molar-refractivity contribution >= 4 is 5.78 Å². The van der Waals surface area contributed by atoms with Gasteiger partial charge in [0, 0.05) is 33.9 Å². The Labute approximate surface area is 120 Å². The second-order valence-electron chi connectivity index (χ2n) is 4.78. The van der Waals surface area contributed by atoms with E-state index in [4.69, 9.17) is 9.47 Å². The standard InChI is InChI=1S/C14H26N2O4/c1-4-5-6-15-11-12(14(18)13(11)17)16(7-9-19-2)8-10-20-3/h14-15,18H,4-10H2,1-3H3. The number of methoxy groups -OCH3 is 2. The fourth-order valence-electron chi connectivity index (χ4n) is 2.10. The zero-order valence-electron chi connectivity index (χ0n) is 12.6. The fourth-order valence-corrected chi connectivity index (χ4v) is 2.10. The van der Waals surface area contributed by atoms with Crippen molar-refractivity contribution in [3.05, 3.63) is 11.4 Å². The maximum absolute atomic E-state index is 11.8. The summed E-state index contributed by atoms with van der Waals surface area (Å²) in [5.74, 6) is -0.226. The second kappa shape index (κ2) is 8.94. The predicted molar refractivity (Wildman–Crippen MR) is 76.3 cm³/mol. The lowest BCUT2D eigenvalue weighted by molar-refractivity contribution is -0.126. The first-order valence-corrected chi connectivity index (χ1v) is 7.10. The number of nitrogens with zero attached hydrogens (tertiary/aromatic N) is 1. The van der Waals surface area contributed by atoms with Crippen LogP contribution in [0.15, 0.2) is 11.4 Å². The number of carbonyl (C=O) groups is 1. The summed E-state index contributed by atoms with van der Waals surface area (Å²) in [7, 11) is 3.26. The third-order valence-electron chi connectivity index (χ3n) is 3.31. The summed E-state index contributed by atoms with van der Waals surface area (Å²) in [6.45, 7) is 5.16. The van der Waals surface area contributed by atoms with Crippen molar-refractivity contribution in [3.8, 4) is 0 Å². The second-order valence-corrected chi connectivity index (χ2v) is 4.78. The monoisotopic (exact) mass is 286 g/mol. The Morgan fingerprint density at radius 3 is 2.35 bits per heavy atom. The Morgan fingerprint density at radius 1 is 1.25 bits per heavy atom. The van der Waals surface area contributed by atoms with Crippen LogP contribution in [0.1, 0.15) is 19.8 Å². The average Bonchev–Trinajstić information content (AvgIpc) is 2.47. The molecule has 0 saturated carbocycles. The molecule has 0 spiro atoms. The number of carbonyl (C=O) groups excluding carboxylic acids is 1. The minimum Gasteiger partial charge on any atom is -0.383 e. The topological polar surface area (TPSA) is 71.0 Å². The number of aliphatic hydroxyl groups excluding tert-OH is 1. The number of hydrogen-bond acceptors (Lipinski definition) is 6.